The maximum absolute atomic E-state index is 12.7. The highest BCUT2D eigenvalue weighted by Crippen LogP contribution is 2.42. The van der Waals surface area contributed by atoms with Crippen LogP contribution in [0.2, 0.25) is 0 Å². The molecule has 3 aromatic rings. The fourth-order valence-electron chi connectivity index (χ4n) is 5.94. The van der Waals surface area contributed by atoms with Gasteiger partial charge in [0.1, 0.15) is 36.0 Å². The lowest BCUT2D eigenvalue weighted by Gasteiger charge is -2.28. The van der Waals surface area contributed by atoms with Gasteiger partial charge >= 0.3 is 29.9 Å². The van der Waals surface area contributed by atoms with Crippen molar-refractivity contribution in [1.29, 1.82) is 0 Å². The second-order valence-corrected chi connectivity index (χ2v) is 14.8. The average molecular weight is 602 g/mol. The van der Waals surface area contributed by atoms with Gasteiger partial charge in [-0.3, -0.25) is 0 Å². The minimum atomic E-state index is -3.77. The number of nitrogens with two attached hydrogens (primary N) is 1. The number of carbonyl (C=O) groups is 2. The number of nitrogens with zero attached hydrogens (tertiary/aromatic N) is 5. The van der Waals surface area contributed by atoms with Crippen LogP contribution in [0.15, 0.2) is 53.9 Å². The summed E-state index contributed by atoms with van der Waals surface area (Å²) in [6.45, 7) is 13.4. The zero-order valence-corrected chi connectivity index (χ0v) is 25.9. The highest BCUT2D eigenvalue weighted by molar-refractivity contribution is 7.89. The number of quaternary nitrogens is 1. The zero-order valence-electron chi connectivity index (χ0n) is 25.1. The summed E-state index contributed by atoms with van der Waals surface area (Å²) in [6, 6.07) is 6.66. The van der Waals surface area contributed by atoms with E-state index in [9.17, 15) is 18.0 Å². The second kappa shape index (κ2) is 10.3. The number of aromatic nitrogens is 4. The number of imidazole rings is 2. The van der Waals surface area contributed by atoms with Crippen LogP contribution in [0.3, 0.4) is 0 Å². The Bertz CT molecular complexity index is 1550. The van der Waals surface area contributed by atoms with Crippen molar-refractivity contribution in [3.63, 3.8) is 0 Å². The molecule has 4 heterocycles. The first kappa shape index (κ1) is 29.9. The molecule has 0 spiro atoms. The van der Waals surface area contributed by atoms with E-state index >= 15 is 0 Å². The Kier molecular flexibility index (Phi) is 7.35. The van der Waals surface area contributed by atoms with Gasteiger partial charge in [-0.05, 0) is 59.2 Å². The molecule has 0 unspecified atom stereocenters. The number of hydrogen-bond donors (Lipinski definition) is 1. The van der Waals surface area contributed by atoms with E-state index in [0.717, 1.165) is 23.8 Å². The van der Waals surface area contributed by atoms with Gasteiger partial charge < -0.3 is 9.47 Å². The summed E-state index contributed by atoms with van der Waals surface area (Å²) < 4.78 is 43.5. The molecule has 2 N–H and O–H groups in total. The smallest absolute Gasteiger partial charge is 0.380 e. The van der Waals surface area contributed by atoms with Gasteiger partial charge in [-0.25, -0.2) is 36.8 Å². The Labute approximate surface area is 246 Å². The van der Waals surface area contributed by atoms with Crippen LogP contribution in [0.1, 0.15) is 65.0 Å². The Morgan fingerprint density at radius 3 is 1.74 bits per heavy atom. The summed E-state index contributed by atoms with van der Waals surface area (Å²) in [4.78, 5) is 25.5. The molecule has 1 aromatic carbocycles. The minimum absolute atomic E-state index is 0.0803. The largest absolute Gasteiger partial charge is 0.457 e. The molecule has 5 rings (SSSR count). The molecule has 0 saturated carbocycles. The third kappa shape index (κ3) is 6.13. The van der Waals surface area contributed by atoms with Crippen molar-refractivity contribution in [2.75, 3.05) is 6.54 Å². The predicted octanol–water partition coefficient (Wildman–Crippen LogP) is 1.29. The Hall–Kier alpha value is -3.55. The van der Waals surface area contributed by atoms with Crippen LogP contribution in [-0.2, 0) is 61.7 Å². The first-order valence-corrected chi connectivity index (χ1v) is 15.6. The van der Waals surface area contributed by atoms with Gasteiger partial charge in [0.05, 0.1) is 11.4 Å². The van der Waals surface area contributed by atoms with E-state index in [1.807, 2.05) is 75.5 Å². The first-order valence-electron chi connectivity index (χ1n) is 14.0. The van der Waals surface area contributed by atoms with Gasteiger partial charge in [0.25, 0.3) is 0 Å². The summed E-state index contributed by atoms with van der Waals surface area (Å²) in [5, 5.41) is 5.28. The fraction of sp³-hybridized carbons (Fsp3) is 0.517. The van der Waals surface area contributed by atoms with Crippen LogP contribution in [0, 0.1) is 0 Å². The van der Waals surface area contributed by atoms with E-state index < -0.39 is 21.2 Å². The van der Waals surface area contributed by atoms with Crippen molar-refractivity contribution in [3.05, 3.63) is 66.3 Å². The lowest BCUT2D eigenvalue weighted by molar-refractivity contribution is -0.981. The molecule has 13 heteroatoms. The quantitative estimate of drug-likeness (QED) is 0.235. The summed E-state index contributed by atoms with van der Waals surface area (Å²) >= 11 is 0. The van der Waals surface area contributed by atoms with E-state index in [0.29, 0.717) is 24.0 Å². The first-order chi connectivity index (χ1) is 19.4. The van der Waals surface area contributed by atoms with E-state index in [-0.39, 0.29) is 36.2 Å². The topological polar surface area (TPSA) is 130 Å². The van der Waals surface area contributed by atoms with Crippen molar-refractivity contribution in [1.82, 2.24) is 9.13 Å². The van der Waals surface area contributed by atoms with E-state index in [1.165, 1.54) is 12.1 Å². The SMILES string of the molecule is CC(C)(C)OC(=O)C[n+]1ccn2c1C[N+]1(CCc3ccc(S(N)(=O)=O)cc3)Cc3n(cc[n+]3CC(=O)OC(C)(C)C)C21. The zero-order chi connectivity index (χ0) is 30.7. The summed E-state index contributed by atoms with van der Waals surface area (Å²) in [7, 11) is -3.77. The van der Waals surface area contributed by atoms with Crippen molar-refractivity contribution >= 4 is 22.0 Å². The molecule has 0 atom stereocenters. The van der Waals surface area contributed by atoms with Crippen molar-refractivity contribution < 1.29 is 41.1 Å². The number of ether oxygens (including phenoxy) is 2. The molecular weight excluding hydrogens is 560 g/mol. The second-order valence-electron chi connectivity index (χ2n) is 13.2. The van der Waals surface area contributed by atoms with Gasteiger partial charge in [0, 0.05) is 6.42 Å². The number of sulfonamides is 1. The number of rotatable bonds is 8. The van der Waals surface area contributed by atoms with Crippen molar-refractivity contribution in [2.45, 2.75) is 96.5 Å². The molecule has 0 bridgehead atoms. The highest BCUT2D eigenvalue weighted by atomic mass is 32.2. The van der Waals surface area contributed by atoms with Crippen LogP contribution in [-0.4, -0.2) is 51.7 Å². The molecule has 0 amide bonds. The number of hydrogen-bond acceptors (Lipinski definition) is 6. The molecule has 0 saturated heterocycles. The average Bonchev–Trinajstić information content (AvgIpc) is 3.54. The van der Waals surface area contributed by atoms with Gasteiger partial charge in [-0.15, -0.1) is 9.13 Å². The van der Waals surface area contributed by atoms with Crippen LogP contribution < -0.4 is 14.3 Å². The molecule has 2 aliphatic heterocycles. The van der Waals surface area contributed by atoms with Crippen LogP contribution in [0.25, 0.3) is 0 Å². The number of primary sulfonamides is 1. The van der Waals surface area contributed by atoms with Crippen LogP contribution in [0.5, 0.6) is 0 Å². The third-order valence-electron chi connectivity index (χ3n) is 7.51. The van der Waals surface area contributed by atoms with E-state index in [1.54, 1.807) is 12.1 Å². The molecular formula is C29H41N6O6S+3. The number of benzene rings is 1. The molecule has 2 aromatic heterocycles. The Morgan fingerprint density at radius 2 is 1.33 bits per heavy atom. The number of esters is 2. The summed E-state index contributed by atoms with van der Waals surface area (Å²) in [6.07, 6.45) is 8.40. The molecule has 2 aliphatic rings. The lowest BCUT2D eigenvalue weighted by Crippen LogP contribution is -2.49. The molecule has 12 nitrogen and oxygen atoms in total. The fourth-order valence-corrected chi connectivity index (χ4v) is 6.46. The predicted molar refractivity (Wildman–Crippen MR) is 149 cm³/mol. The molecule has 0 aliphatic carbocycles. The molecule has 0 radical (unpaired) electrons. The maximum Gasteiger partial charge on any atom is 0.380 e. The monoisotopic (exact) mass is 601 g/mol. The standard InChI is InChI=1S/C29H41N6O6S/c1-28(2,3)40-25(36)17-31-12-14-33-23(31)19-35(16-11-21-7-9-22(10-8-21)42(30,38)39)20-24-32(13-15-34(24)27(33)35)18-26(37)41-29(4,5)6/h7-10,12-15,27H,11,16-20H2,1-6H3,(H2,30,38,39)/q+3. The van der Waals surface area contributed by atoms with E-state index in [2.05, 4.69) is 9.13 Å². The third-order valence-corrected chi connectivity index (χ3v) is 8.44. The molecule has 0 fully saturated rings. The van der Waals surface area contributed by atoms with Crippen LogP contribution >= 0.6 is 0 Å². The van der Waals surface area contributed by atoms with E-state index in [4.69, 9.17) is 14.6 Å². The maximum atomic E-state index is 12.7. The normalized spacial score (nSPS) is 19.7. The Morgan fingerprint density at radius 1 is 0.881 bits per heavy atom. The van der Waals surface area contributed by atoms with Crippen LogP contribution in [0.4, 0.5) is 0 Å². The molecule has 42 heavy (non-hydrogen) atoms. The minimum Gasteiger partial charge on any atom is -0.457 e. The van der Waals surface area contributed by atoms with Crippen molar-refractivity contribution in [2.24, 2.45) is 5.14 Å². The van der Waals surface area contributed by atoms with Gasteiger partial charge in [-0.1, -0.05) is 12.1 Å². The summed E-state index contributed by atoms with van der Waals surface area (Å²) in [5.41, 5.74) is -0.158. The van der Waals surface area contributed by atoms with Gasteiger partial charge in [0.2, 0.25) is 10.0 Å². The molecule has 226 valence electrons. The number of fused-ring (bicyclic) bond motifs is 5. The lowest BCUT2D eigenvalue weighted by atomic mass is 10.1. The van der Waals surface area contributed by atoms with Crippen molar-refractivity contribution in [3.8, 4) is 0 Å². The summed E-state index contributed by atoms with van der Waals surface area (Å²) in [5.74, 6) is 1.42. The highest BCUT2D eigenvalue weighted by Gasteiger charge is 2.63. The Balaban J connectivity index is 1.45. The van der Waals surface area contributed by atoms with Gasteiger partial charge in [0.15, 0.2) is 26.2 Å². The van der Waals surface area contributed by atoms with Gasteiger partial charge in [-0.2, -0.15) is 0 Å². The number of carbonyl (C=O) groups excluding carboxylic acids is 2.